The van der Waals surface area contributed by atoms with Crippen LogP contribution in [0, 0.1) is 25.5 Å². The number of aromatic nitrogens is 4. The molecule has 0 radical (unpaired) electrons. The van der Waals surface area contributed by atoms with Crippen molar-refractivity contribution in [3.8, 4) is 0 Å². The summed E-state index contributed by atoms with van der Waals surface area (Å²) in [6.07, 6.45) is 1.23. The normalized spacial score (nSPS) is 10.9. The molecule has 1 aromatic carbocycles. The monoisotopic (exact) mass is 302 g/mol. The Hall–Kier alpha value is -2.90. The van der Waals surface area contributed by atoms with Gasteiger partial charge < -0.3 is 11.1 Å². The van der Waals surface area contributed by atoms with Crippen molar-refractivity contribution in [2.24, 2.45) is 0 Å². The minimum Gasteiger partial charge on any atom is -0.382 e. The molecule has 6 nitrogen and oxygen atoms in total. The third-order valence-electron chi connectivity index (χ3n) is 3.15. The van der Waals surface area contributed by atoms with Crippen LogP contribution in [-0.4, -0.2) is 19.9 Å². The Morgan fingerprint density at radius 2 is 1.82 bits per heavy atom. The molecule has 0 atom stereocenters. The van der Waals surface area contributed by atoms with Gasteiger partial charge in [-0.1, -0.05) is 6.07 Å². The van der Waals surface area contributed by atoms with E-state index in [9.17, 15) is 8.78 Å². The topological polar surface area (TPSA) is 89.6 Å². The first kappa shape index (κ1) is 14.1. The molecule has 3 rings (SSSR count). The number of benzene rings is 1. The fraction of sp³-hybridized carbons (Fsp3) is 0.143. The summed E-state index contributed by atoms with van der Waals surface area (Å²) in [5, 5.41) is 2.63. The van der Waals surface area contributed by atoms with Crippen molar-refractivity contribution in [3.05, 3.63) is 41.5 Å². The lowest BCUT2D eigenvalue weighted by Crippen LogP contribution is -2.05. The first-order chi connectivity index (χ1) is 10.5. The molecule has 3 N–H and O–H groups in total. The molecule has 0 aliphatic carbocycles. The second kappa shape index (κ2) is 5.14. The second-order valence-electron chi connectivity index (χ2n) is 4.75. The van der Waals surface area contributed by atoms with E-state index in [1.807, 2.05) is 0 Å². The van der Waals surface area contributed by atoms with Gasteiger partial charge in [-0.25, -0.2) is 28.7 Å². The van der Waals surface area contributed by atoms with Crippen molar-refractivity contribution in [3.63, 3.8) is 0 Å². The third kappa shape index (κ3) is 2.28. The molecule has 0 aliphatic heterocycles. The smallest absolute Gasteiger partial charge is 0.160 e. The lowest BCUT2D eigenvalue weighted by Gasteiger charge is -2.11. The predicted molar refractivity (Wildman–Crippen MR) is 78.7 cm³/mol. The summed E-state index contributed by atoms with van der Waals surface area (Å²) in [4.78, 5) is 16.2. The van der Waals surface area contributed by atoms with Crippen LogP contribution < -0.4 is 11.1 Å². The van der Waals surface area contributed by atoms with Crippen molar-refractivity contribution in [1.82, 2.24) is 19.9 Å². The highest BCUT2D eigenvalue weighted by Crippen LogP contribution is 2.28. The van der Waals surface area contributed by atoms with E-state index in [0.29, 0.717) is 22.4 Å². The molecule has 0 amide bonds. The maximum absolute atomic E-state index is 14.1. The second-order valence-corrected chi connectivity index (χ2v) is 4.75. The standard InChI is InChI=1S/C14H12F2N6/c1-6-3-4-8(15)10(9(6)16)22-14-12-11(18-5-19-14)13(17)21-7(2)20-12/h3-5H,1-2H3,(H2,17,20,21)(H,18,19,22). The molecule has 0 spiro atoms. The van der Waals surface area contributed by atoms with Crippen LogP contribution >= 0.6 is 0 Å². The van der Waals surface area contributed by atoms with Crippen molar-refractivity contribution in [2.45, 2.75) is 13.8 Å². The van der Waals surface area contributed by atoms with E-state index in [1.165, 1.54) is 18.5 Å². The minimum atomic E-state index is -0.728. The van der Waals surface area contributed by atoms with Gasteiger partial charge in [0.05, 0.1) is 0 Å². The third-order valence-corrected chi connectivity index (χ3v) is 3.15. The van der Waals surface area contributed by atoms with Crippen LogP contribution in [-0.2, 0) is 0 Å². The van der Waals surface area contributed by atoms with Crippen LogP contribution in [0.5, 0.6) is 0 Å². The molecule has 3 aromatic rings. The zero-order valence-corrected chi connectivity index (χ0v) is 11.9. The molecule has 0 saturated heterocycles. The van der Waals surface area contributed by atoms with Crippen molar-refractivity contribution in [2.75, 3.05) is 11.1 Å². The number of hydrogen-bond acceptors (Lipinski definition) is 6. The van der Waals surface area contributed by atoms with Gasteiger partial charge in [-0.05, 0) is 25.5 Å². The summed E-state index contributed by atoms with van der Waals surface area (Å²) in [5.41, 5.74) is 6.42. The van der Waals surface area contributed by atoms with Gasteiger partial charge in [0.1, 0.15) is 34.7 Å². The van der Waals surface area contributed by atoms with E-state index in [2.05, 4.69) is 25.3 Å². The van der Waals surface area contributed by atoms with Crippen molar-refractivity contribution < 1.29 is 8.78 Å². The molecule has 0 fully saturated rings. The Morgan fingerprint density at radius 1 is 1.05 bits per heavy atom. The molecule has 0 aliphatic rings. The van der Waals surface area contributed by atoms with Crippen molar-refractivity contribution >= 4 is 28.4 Å². The van der Waals surface area contributed by atoms with Crippen LogP contribution in [0.1, 0.15) is 11.4 Å². The molecule has 8 heteroatoms. The lowest BCUT2D eigenvalue weighted by molar-refractivity contribution is 0.585. The Bertz CT molecular complexity index is 881. The fourth-order valence-corrected chi connectivity index (χ4v) is 2.07. The number of nitrogens with two attached hydrogens (primary N) is 1. The summed E-state index contributed by atoms with van der Waals surface area (Å²) in [5.74, 6) is -0.670. The van der Waals surface area contributed by atoms with Gasteiger partial charge in [0, 0.05) is 0 Å². The van der Waals surface area contributed by atoms with Crippen LogP contribution in [0.15, 0.2) is 18.5 Å². The summed E-state index contributed by atoms with van der Waals surface area (Å²) < 4.78 is 28.0. The first-order valence-electron chi connectivity index (χ1n) is 6.44. The van der Waals surface area contributed by atoms with Gasteiger partial charge in [0.2, 0.25) is 0 Å². The van der Waals surface area contributed by atoms with E-state index in [0.717, 1.165) is 0 Å². The zero-order valence-electron chi connectivity index (χ0n) is 11.9. The van der Waals surface area contributed by atoms with Gasteiger partial charge in [0.15, 0.2) is 17.5 Å². The number of nitrogens with zero attached hydrogens (tertiary/aromatic N) is 4. The Kier molecular flexibility index (Phi) is 3.28. The maximum Gasteiger partial charge on any atom is 0.160 e. The number of rotatable bonds is 2. The average Bonchev–Trinajstić information content (AvgIpc) is 2.48. The molecule has 112 valence electrons. The van der Waals surface area contributed by atoms with Crippen LogP contribution in [0.3, 0.4) is 0 Å². The van der Waals surface area contributed by atoms with E-state index < -0.39 is 11.6 Å². The maximum atomic E-state index is 14.1. The highest BCUT2D eigenvalue weighted by atomic mass is 19.1. The quantitative estimate of drug-likeness (QED) is 0.756. The van der Waals surface area contributed by atoms with Crippen molar-refractivity contribution in [1.29, 1.82) is 0 Å². The minimum absolute atomic E-state index is 0.158. The predicted octanol–water partition coefficient (Wildman–Crippen LogP) is 2.64. The average molecular weight is 302 g/mol. The molecule has 0 unspecified atom stereocenters. The first-order valence-corrected chi connectivity index (χ1v) is 6.44. The molecule has 2 aromatic heterocycles. The van der Waals surface area contributed by atoms with Gasteiger partial charge in [-0.3, -0.25) is 0 Å². The van der Waals surface area contributed by atoms with Gasteiger partial charge in [-0.15, -0.1) is 0 Å². The lowest BCUT2D eigenvalue weighted by atomic mass is 10.2. The highest BCUT2D eigenvalue weighted by molar-refractivity contribution is 5.92. The number of nitrogens with one attached hydrogen (secondary N) is 1. The van der Waals surface area contributed by atoms with E-state index in [4.69, 9.17) is 5.73 Å². The number of fused-ring (bicyclic) bond motifs is 1. The van der Waals surface area contributed by atoms with Crippen LogP contribution in [0.2, 0.25) is 0 Å². The summed E-state index contributed by atoms with van der Waals surface area (Å²) >= 11 is 0. The zero-order chi connectivity index (χ0) is 15.9. The number of aryl methyl sites for hydroxylation is 2. The molecular weight excluding hydrogens is 290 g/mol. The number of hydrogen-bond donors (Lipinski definition) is 2. The van der Waals surface area contributed by atoms with Gasteiger partial charge >= 0.3 is 0 Å². The molecule has 0 bridgehead atoms. The number of anilines is 3. The number of halogens is 2. The summed E-state index contributed by atoms with van der Waals surface area (Å²) in [6.45, 7) is 3.20. The van der Waals surface area contributed by atoms with Gasteiger partial charge in [-0.2, -0.15) is 0 Å². The fourth-order valence-electron chi connectivity index (χ4n) is 2.07. The Morgan fingerprint density at radius 3 is 2.59 bits per heavy atom. The highest BCUT2D eigenvalue weighted by Gasteiger charge is 2.16. The van der Waals surface area contributed by atoms with Crippen LogP contribution in [0.4, 0.5) is 26.1 Å². The Balaban J connectivity index is 2.18. The largest absolute Gasteiger partial charge is 0.382 e. The van der Waals surface area contributed by atoms with E-state index in [-0.39, 0.29) is 17.3 Å². The van der Waals surface area contributed by atoms with Gasteiger partial charge in [0.25, 0.3) is 0 Å². The molecular formula is C14H12F2N6. The number of nitrogen functional groups attached to an aromatic ring is 1. The molecule has 0 saturated carbocycles. The van der Waals surface area contributed by atoms with E-state index in [1.54, 1.807) is 13.8 Å². The SMILES string of the molecule is Cc1nc(N)c2ncnc(Nc3c(F)ccc(C)c3F)c2n1. The summed E-state index contributed by atoms with van der Waals surface area (Å²) in [7, 11) is 0. The molecule has 22 heavy (non-hydrogen) atoms. The summed E-state index contributed by atoms with van der Waals surface area (Å²) in [6, 6.07) is 2.54. The molecule has 2 heterocycles. The van der Waals surface area contributed by atoms with Crippen LogP contribution in [0.25, 0.3) is 11.0 Å². The Labute approximate surface area is 124 Å². The van der Waals surface area contributed by atoms with E-state index >= 15 is 0 Å².